The molecule has 0 unspecified atom stereocenters. The first-order valence-corrected chi connectivity index (χ1v) is 6.80. The van der Waals surface area contributed by atoms with E-state index in [1.807, 2.05) is 6.92 Å². The van der Waals surface area contributed by atoms with Gasteiger partial charge >= 0.3 is 0 Å². The van der Waals surface area contributed by atoms with Crippen LogP contribution in [-0.2, 0) is 9.53 Å². The van der Waals surface area contributed by atoms with Crippen LogP contribution in [0.2, 0.25) is 0 Å². The highest BCUT2D eigenvalue weighted by Gasteiger charge is 2.47. The highest BCUT2D eigenvalue weighted by atomic mass is 19.3. The molecule has 1 aliphatic carbocycles. The van der Waals surface area contributed by atoms with Gasteiger partial charge in [-0.15, -0.1) is 0 Å². The second-order valence-corrected chi connectivity index (χ2v) is 5.85. The number of hydrogen-bond acceptors (Lipinski definition) is 3. The highest BCUT2D eigenvalue weighted by molar-refractivity contribution is 5.82. The molecule has 2 aliphatic rings. The van der Waals surface area contributed by atoms with Crippen molar-refractivity contribution in [1.29, 1.82) is 0 Å². The van der Waals surface area contributed by atoms with Crippen LogP contribution < -0.4 is 5.32 Å². The van der Waals surface area contributed by atoms with Gasteiger partial charge in [0.2, 0.25) is 5.91 Å². The molecule has 1 heterocycles. The number of carbonyl (C=O) groups excluding carboxylic acids is 1. The molecule has 0 bridgehead atoms. The molecule has 1 amide bonds. The highest BCUT2D eigenvalue weighted by Crippen LogP contribution is 2.35. The van der Waals surface area contributed by atoms with Gasteiger partial charge in [-0.3, -0.25) is 4.79 Å². The van der Waals surface area contributed by atoms with Crippen molar-refractivity contribution in [2.75, 3.05) is 13.2 Å². The molecule has 0 radical (unpaired) electrons. The van der Waals surface area contributed by atoms with Crippen LogP contribution in [0.25, 0.3) is 0 Å². The van der Waals surface area contributed by atoms with Gasteiger partial charge < -0.3 is 15.2 Å². The molecule has 0 spiro atoms. The molecule has 2 N–H and O–H groups in total. The first-order chi connectivity index (χ1) is 8.85. The SMILES string of the molecule is CC1(C(=O)N[C@@H]2CCCC(F)(F)[C@H]2O)CCOCC1. The van der Waals surface area contributed by atoms with Crippen molar-refractivity contribution in [2.45, 2.75) is 57.1 Å². The van der Waals surface area contributed by atoms with Crippen molar-refractivity contribution in [3.8, 4) is 0 Å². The largest absolute Gasteiger partial charge is 0.385 e. The first kappa shape index (κ1) is 14.7. The summed E-state index contributed by atoms with van der Waals surface area (Å²) in [6.45, 7) is 2.83. The van der Waals surface area contributed by atoms with Gasteiger partial charge in [0, 0.05) is 19.6 Å². The van der Waals surface area contributed by atoms with Crippen LogP contribution in [0, 0.1) is 5.41 Å². The Morgan fingerprint density at radius 2 is 1.95 bits per heavy atom. The zero-order chi connectivity index (χ0) is 14.1. The molecule has 1 aliphatic heterocycles. The zero-order valence-electron chi connectivity index (χ0n) is 11.1. The van der Waals surface area contributed by atoms with Crippen LogP contribution in [0.5, 0.6) is 0 Å². The van der Waals surface area contributed by atoms with Crippen LogP contribution >= 0.6 is 0 Å². The first-order valence-electron chi connectivity index (χ1n) is 6.80. The number of ether oxygens (including phenoxy) is 1. The lowest BCUT2D eigenvalue weighted by Crippen LogP contribution is -2.57. The van der Waals surface area contributed by atoms with Crippen molar-refractivity contribution in [3.05, 3.63) is 0 Å². The van der Waals surface area contributed by atoms with Crippen LogP contribution in [-0.4, -0.2) is 42.3 Å². The summed E-state index contributed by atoms with van der Waals surface area (Å²) in [5, 5.41) is 12.2. The van der Waals surface area contributed by atoms with Crippen molar-refractivity contribution < 1.29 is 23.4 Å². The molecular formula is C13H21F2NO3. The Bertz CT molecular complexity index is 343. The van der Waals surface area contributed by atoms with Crippen molar-refractivity contribution in [3.63, 3.8) is 0 Å². The van der Waals surface area contributed by atoms with Crippen LogP contribution in [0.4, 0.5) is 8.78 Å². The Balaban J connectivity index is 1.98. The number of rotatable bonds is 2. The molecule has 1 saturated heterocycles. The van der Waals surface area contributed by atoms with Crippen molar-refractivity contribution in [2.24, 2.45) is 5.41 Å². The number of amides is 1. The zero-order valence-corrected chi connectivity index (χ0v) is 11.1. The third-order valence-electron chi connectivity index (χ3n) is 4.30. The molecule has 0 aromatic carbocycles. The topological polar surface area (TPSA) is 58.6 Å². The summed E-state index contributed by atoms with van der Waals surface area (Å²) in [4.78, 5) is 12.2. The quantitative estimate of drug-likeness (QED) is 0.803. The van der Waals surface area contributed by atoms with E-state index < -0.39 is 23.5 Å². The minimum atomic E-state index is -3.10. The van der Waals surface area contributed by atoms with E-state index >= 15 is 0 Å². The summed E-state index contributed by atoms with van der Waals surface area (Å²) in [5.41, 5.74) is -0.579. The molecule has 19 heavy (non-hydrogen) atoms. The second-order valence-electron chi connectivity index (χ2n) is 5.85. The van der Waals surface area contributed by atoms with Crippen molar-refractivity contribution in [1.82, 2.24) is 5.32 Å². The van der Waals surface area contributed by atoms with Gasteiger partial charge in [-0.1, -0.05) is 6.92 Å². The predicted molar refractivity (Wildman–Crippen MR) is 64.9 cm³/mol. The molecule has 4 nitrogen and oxygen atoms in total. The summed E-state index contributed by atoms with van der Waals surface area (Å²) in [7, 11) is 0. The molecule has 2 fully saturated rings. The molecule has 2 atom stereocenters. The smallest absolute Gasteiger partial charge is 0.275 e. The van der Waals surface area contributed by atoms with Gasteiger partial charge in [-0.05, 0) is 25.7 Å². The molecule has 1 saturated carbocycles. The van der Waals surface area contributed by atoms with E-state index in [1.165, 1.54) is 0 Å². The third-order valence-corrected chi connectivity index (χ3v) is 4.30. The van der Waals surface area contributed by atoms with E-state index in [1.54, 1.807) is 0 Å². The Labute approximate surface area is 111 Å². The standard InChI is InChI=1S/C13H21F2NO3/c1-12(5-7-19-8-6-12)11(18)16-9-3-2-4-13(14,15)10(9)17/h9-10,17H,2-8H2,1H3,(H,16,18)/t9-,10+/m1/s1. The van der Waals surface area contributed by atoms with Gasteiger partial charge in [0.05, 0.1) is 11.5 Å². The maximum Gasteiger partial charge on any atom is 0.275 e. The molecule has 0 aromatic heterocycles. The minimum Gasteiger partial charge on any atom is -0.385 e. The Hall–Kier alpha value is -0.750. The number of aliphatic hydroxyl groups is 1. The number of nitrogens with one attached hydrogen (secondary N) is 1. The summed E-state index contributed by atoms with van der Waals surface area (Å²) in [6, 6.07) is -0.851. The fourth-order valence-electron chi connectivity index (χ4n) is 2.70. The normalized spacial score (nSPS) is 33.7. The molecule has 6 heteroatoms. The lowest BCUT2D eigenvalue weighted by atomic mass is 9.80. The van der Waals surface area contributed by atoms with Gasteiger partial charge in [0.25, 0.3) is 5.92 Å². The molecule has 2 rings (SSSR count). The molecular weight excluding hydrogens is 256 g/mol. The minimum absolute atomic E-state index is 0.252. The number of alkyl halides is 2. The summed E-state index contributed by atoms with van der Waals surface area (Å²) in [6.07, 6.45) is -0.223. The van der Waals surface area contributed by atoms with Crippen LogP contribution in [0.1, 0.15) is 39.0 Å². The number of aliphatic hydroxyl groups excluding tert-OH is 1. The number of carbonyl (C=O) groups is 1. The van der Waals surface area contributed by atoms with E-state index in [9.17, 15) is 18.7 Å². The van der Waals surface area contributed by atoms with E-state index in [0.29, 0.717) is 38.9 Å². The number of hydrogen-bond donors (Lipinski definition) is 2. The molecule has 0 aromatic rings. The fourth-order valence-corrected chi connectivity index (χ4v) is 2.70. The summed E-state index contributed by atoms with van der Waals surface area (Å²) < 4.78 is 32.0. The van der Waals surface area contributed by atoms with Gasteiger partial charge in [0.15, 0.2) is 0 Å². The maximum absolute atomic E-state index is 13.4. The average molecular weight is 277 g/mol. The van der Waals surface area contributed by atoms with E-state index in [4.69, 9.17) is 4.74 Å². The third kappa shape index (κ3) is 3.05. The van der Waals surface area contributed by atoms with Crippen LogP contribution in [0.15, 0.2) is 0 Å². The monoisotopic (exact) mass is 277 g/mol. The van der Waals surface area contributed by atoms with Gasteiger partial charge in [-0.25, -0.2) is 8.78 Å². The van der Waals surface area contributed by atoms with Crippen LogP contribution in [0.3, 0.4) is 0 Å². The second kappa shape index (κ2) is 5.32. The lowest BCUT2D eigenvalue weighted by Gasteiger charge is -2.38. The van der Waals surface area contributed by atoms with E-state index in [-0.39, 0.29) is 12.3 Å². The predicted octanol–water partition coefficient (Wildman–Crippen LogP) is 1.47. The summed E-state index contributed by atoms with van der Waals surface area (Å²) >= 11 is 0. The Morgan fingerprint density at radius 3 is 2.58 bits per heavy atom. The van der Waals surface area contributed by atoms with E-state index in [0.717, 1.165) is 0 Å². The Morgan fingerprint density at radius 1 is 1.32 bits per heavy atom. The maximum atomic E-state index is 13.4. The molecule has 110 valence electrons. The lowest BCUT2D eigenvalue weighted by molar-refractivity contribution is -0.154. The van der Waals surface area contributed by atoms with Crippen molar-refractivity contribution >= 4 is 5.91 Å². The fraction of sp³-hybridized carbons (Fsp3) is 0.923. The van der Waals surface area contributed by atoms with Gasteiger partial charge in [0.1, 0.15) is 6.10 Å². The average Bonchev–Trinajstić information content (AvgIpc) is 2.36. The van der Waals surface area contributed by atoms with E-state index in [2.05, 4.69) is 5.32 Å². The van der Waals surface area contributed by atoms with Gasteiger partial charge in [-0.2, -0.15) is 0 Å². The Kier molecular flexibility index (Phi) is 4.11. The number of halogens is 2. The summed E-state index contributed by atoms with van der Waals surface area (Å²) in [5.74, 6) is -3.36.